The maximum atomic E-state index is 13.6. The molecular weight excluding hydrogens is 669 g/mol. The van der Waals surface area contributed by atoms with E-state index in [-0.39, 0.29) is 24.5 Å². The lowest BCUT2D eigenvalue weighted by Gasteiger charge is -2.64. The van der Waals surface area contributed by atoms with E-state index < -0.39 is 78.5 Å². The lowest BCUT2D eigenvalue weighted by molar-refractivity contribution is -0.199. The molecule has 5 rings (SSSR count). The zero-order chi connectivity index (χ0) is 38.4. The third kappa shape index (κ3) is 9.32. The van der Waals surface area contributed by atoms with Crippen LogP contribution in [0.25, 0.3) is 0 Å². The van der Waals surface area contributed by atoms with Gasteiger partial charge in [-0.1, -0.05) is 32.0 Å². The number of hydrogen-bond acceptors (Lipinski definition) is 10. The van der Waals surface area contributed by atoms with Crippen LogP contribution in [0.3, 0.4) is 0 Å². The summed E-state index contributed by atoms with van der Waals surface area (Å²) in [6, 6.07) is 3.65. The topological polar surface area (TPSA) is 236 Å². The average molecular weight is 728 g/mol. The second kappa shape index (κ2) is 17.5. The van der Waals surface area contributed by atoms with Gasteiger partial charge in [0.05, 0.1) is 23.8 Å². The molecule has 5 amide bonds. The number of nitrogens with one attached hydrogen (secondary N) is 5. The van der Waals surface area contributed by atoms with Gasteiger partial charge in [0.2, 0.25) is 23.6 Å². The summed E-state index contributed by atoms with van der Waals surface area (Å²) in [5.74, 6) is -2.70. The minimum Gasteiger partial charge on any atom is -0.404 e. The van der Waals surface area contributed by atoms with Crippen molar-refractivity contribution in [2.24, 2.45) is 28.7 Å². The zero-order valence-electron chi connectivity index (χ0n) is 31.3. The van der Waals surface area contributed by atoms with Crippen LogP contribution in [0.5, 0.6) is 0 Å². The van der Waals surface area contributed by atoms with Gasteiger partial charge in [0, 0.05) is 5.56 Å². The predicted molar refractivity (Wildman–Crippen MR) is 195 cm³/mol. The normalized spacial score (nSPS) is 26.2. The van der Waals surface area contributed by atoms with Gasteiger partial charge in [-0.25, -0.2) is 0 Å². The van der Waals surface area contributed by atoms with Crippen LogP contribution in [-0.2, 0) is 28.5 Å². The molecular formula is C36H58BN7O8. The van der Waals surface area contributed by atoms with Crippen LogP contribution in [0.2, 0.25) is 0 Å². The predicted octanol–water partition coefficient (Wildman–Crippen LogP) is -0.110. The summed E-state index contributed by atoms with van der Waals surface area (Å²) in [4.78, 5) is 66.1. The van der Waals surface area contributed by atoms with E-state index in [2.05, 4.69) is 47.4 Å². The fourth-order valence-electron chi connectivity index (χ4n) is 7.86. The number of aliphatic hydroxyl groups is 1. The van der Waals surface area contributed by atoms with E-state index >= 15 is 0 Å². The Hall–Kier alpha value is -3.57. The summed E-state index contributed by atoms with van der Waals surface area (Å²) in [5.41, 5.74) is 11.4. The van der Waals surface area contributed by atoms with E-state index in [1.54, 1.807) is 30.3 Å². The minimum absolute atomic E-state index is 0.0482. The van der Waals surface area contributed by atoms with E-state index in [4.69, 9.17) is 20.8 Å². The Bertz CT molecular complexity index is 1430. The summed E-state index contributed by atoms with van der Waals surface area (Å²) in [7, 11) is -0.642. The standard InChI is InChI=1S/C36H58BN7O8/c1-20(40-34(50)29(21(2)45)44-33(49)26(15-17-39)43-31(47)23-12-8-7-9-13-23)30(46)42-25(14-10-11-16-38)32(48)41-22(3)37-51-28-19-24-18-27(35(24,4)5)36(28,6)52-37/h7-9,12-13,20-22,24-29,45H,10-11,14-19,38-39H2,1-6H3,(H,40,50)(H,41,48)(H,42,46)(H,43,47)(H,44,49)/t20-,21+,22-,24-,25-,26-,27-,28+,29-,36-/m0/s1. The van der Waals surface area contributed by atoms with Crippen molar-refractivity contribution in [2.45, 2.75) is 128 Å². The fraction of sp³-hybridized carbons (Fsp3) is 0.694. The number of nitrogens with two attached hydrogens (primary N) is 2. The Labute approximate surface area is 307 Å². The molecule has 16 heteroatoms. The van der Waals surface area contributed by atoms with Crippen molar-refractivity contribution < 1.29 is 38.4 Å². The quantitative estimate of drug-likeness (QED) is 0.0738. The number of carbonyl (C=O) groups is 5. The summed E-state index contributed by atoms with van der Waals surface area (Å²) in [6.45, 7) is 11.7. The highest BCUT2D eigenvalue weighted by atomic mass is 16.7. The molecule has 1 aromatic carbocycles. The molecule has 2 bridgehead atoms. The Balaban J connectivity index is 1.34. The highest BCUT2D eigenvalue weighted by Crippen LogP contribution is 2.65. The minimum atomic E-state index is -1.46. The van der Waals surface area contributed by atoms with Gasteiger partial charge in [0.1, 0.15) is 24.2 Å². The lowest BCUT2D eigenvalue weighted by Crippen LogP contribution is -2.65. The number of rotatable bonds is 18. The molecule has 1 heterocycles. The summed E-state index contributed by atoms with van der Waals surface area (Å²) in [5, 5.41) is 23.7. The van der Waals surface area contributed by atoms with Gasteiger partial charge in [-0.3, -0.25) is 24.0 Å². The molecule has 0 radical (unpaired) electrons. The molecule has 4 fully saturated rings. The molecule has 3 aliphatic carbocycles. The van der Waals surface area contributed by atoms with Gasteiger partial charge in [-0.2, -0.15) is 0 Å². The molecule has 1 aliphatic heterocycles. The number of unbranched alkanes of at least 4 members (excludes halogenated alkanes) is 1. The first-order chi connectivity index (χ1) is 24.5. The Morgan fingerprint density at radius 2 is 1.48 bits per heavy atom. The molecule has 3 saturated carbocycles. The highest BCUT2D eigenvalue weighted by molar-refractivity contribution is 6.47. The molecule has 1 aromatic rings. The van der Waals surface area contributed by atoms with Crippen LogP contribution < -0.4 is 38.1 Å². The fourth-order valence-corrected chi connectivity index (χ4v) is 7.86. The van der Waals surface area contributed by atoms with Gasteiger partial charge >= 0.3 is 7.12 Å². The summed E-state index contributed by atoms with van der Waals surface area (Å²) < 4.78 is 12.9. The lowest BCUT2D eigenvalue weighted by atomic mass is 9.43. The van der Waals surface area contributed by atoms with Gasteiger partial charge in [0.15, 0.2) is 0 Å². The maximum Gasteiger partial charge on any atom is 0.481 e. The largest absolute Gasteiger partial charge is 0.481 e. The van der Waals surface area contributed by atoms with Crippen LogP contribution in [0, 0.1) is 17.3 Å². The molecule has 0 spiro atoms. The molecule has 4 aliphatic rings. The van der Waals surface area contributed by atoms with Crippen molar-refractivity contribution in [1.29, 1.82) is 0 Å². The molecule has 15 nitrogen and oxygen atoms in total. The van der Waals surface area contributed by atoms with Crippen molar-refractivity contribution in [3.63, 3.8) is 0 Å². The van der Waals surface area contributed by atoms with Crippen LogP contribution >= 0.6 is 0 Å². The first-order valence-electron chi connectivity index (χ1n) is 18.5. The first-order valence-corrected chi connectivity index (χ1v) is 18.5. The second-order valence-electron chi connectivity index (χ2n) is 15.4. The molecule has 10 atom stereocenters. The highest BCUT2D eigenvalue weighted by Gasteiger charge is 2.68. The van der Waals surface area contributed by atoms with E-state index in [9.17, 15) is 29.1 Å². The molecule has 1 saturated heterocycles. The van der Waals surface area contributed by atoms with Crippen LogP contribution in [-0.4, -0.2) is 103 Å². The zero-order valence-corrected chi connectivity index (χ0v) is 31.3. The Morgan fingerprint density at radius 1 is 0.827 bits per heavy atom. The third-order valence-corrected chi connectivity index (χ3v) is 11.3. The summed E-state index contributed by atoms with van der Waals surface area (Å²) in [6.07, 6.45) is 2.19. The number of carbonyl (C=O) groups excluding carboxylic acids is 5. The summed E-state index contributed by atoms with van der Waals surface area (Å²) >= 11 is 0. The van der Waals surface area contributed by atoms with Crippen molar-refractivity contribution in [2.75, 3.05) is 13.1 Å². The van der Waals surface area contributed by atoms with E-state index in [0.717, 1.165) is 12.8 Å². The SMILES string of the molecule is C[C@H](NC(=O)[C@H](CCCCN)NC(=O)[C@H](C)NC(=O)[C@@H](NC(=O)[C@H](CCN)NC(=O)c1ccccc1)[C@@H](C)O)B1O[C@@H]2C[C@@H]3C[C@@H](C3(C)C)[C@]2(C)O1. The van der Waals surface area contributed by atoms with Crippen LogP contribution in [0.4, 0.5) is 0 Å². The molecule has 52 heavy (non-hydrogen) atoms. The molecule has 0 unspecified atom stereocenters. The number of aliphatic hydroxyl groups excluding tert-OH is 1. The Morgan fingerprint density at radius 3 is 2.10 bits per heavy atom. The Kier molecular flexibility index (Phi) is 13.9. The molecule has 288 valence electrons. The van der Waals surface area contributed by atoms with E-state index in [1.807, 2.05) is 6.92 Å². The van der Waals surface area contributed by atoms with Gasteiger partial charge in [0.25, 0.3) is 5.91 Å². The van der Waals surface area contributed by atoms with Crippen molar-refractivity contribution in [3.8, 4) is 0 Å². The smallest absolute Gasteiger partial charge is 0.404 e. The van der Waals surface area contributed by atoms with Crippen molar-refractivity contribution in [1.82, 2.24) is 26.6 Å². The van der Waals surface area contributed by atoms with E-state index in [1.165, 1.54) is 13.8 Å². The average Bonchev–Trinajstić information content (AvgIpc) is 3.47. The molecule has 10 N–H and O–H groups in total. The maximum absolute atomic E-state index is 13.6. The third-order valence-electron chi connectivity index (χ3n) is 11.3. The second-order valence-corrected chi connectivity index (χ2v) is 15.4. The number of benzene rings is 1. The van der Waals surface area contributed by atoms with Crippen LogP contribution in [0.15, 0.2) is 30.3 Å². The first kappa shape index (κ1) is 41.2. The van der Waals surface area contributed by atoms with Gasteiger partial charge in [-0.15, -0.1) is 0 Å². The van der Waals surface area contributed by atoms with Crippen molar-refractivity contribution in [3.05, 3.63) is 35.9 Å². The van der Waals surface area contributed by atoms with Gasteiger partial charge < -0.3 is 52.5 Å². The number of amides is 5. The number of hydrogen-bond donors (Lipinski definition) is 8. The van der Waals surface area contributed by atoms with Gasteiger partial charge in [-0.05, 0) is 109 Å². The monoisotopic (exact) mass is 727 g/mol. The van der Waals surface area contributed by atoms with Crippen LogP contribution in [0.1, 0.15) is 90.4 Å². The van der Waals surface area contributed by atoms with E-state index in [0.29, 0.717) is 43.2 Å². The van der Waals surface area contributed by atoms with Crippen molar-refractivity contribution >= 4 is 36.7 Å². The molecule has 0 aromatic heterocycles.